The number of aromatic nitrogens is 1. The van der Waals surface area contributed by atoms with Gasteiger partial charge in [0.05, 0.1) is 5.69 Å². The summed E-state index contributed by atoms with van der Waals surface area (Å²) < 4.78 is 5.57. The fourth-order valence-electron chi connectivity index (χ4n) is 2.39. The molecular formula is C18H17NO2. The molecule has 21 heavy (non-hydrogen) atoms. The van der Waals surface area contributed by atoms with E-state index in [2.05, 4.69) is 36.2 Å². The number of aliphatic hydroxyl groups excluding tert-OH is 1. The van der Waals surface area contributed by atoms with E-state index in [1.807, 2.05) is 24.3 Å². The van der Waals surface area contributed by atoms with Crippen molar-refractivity contribution in [3.63, 3.8) is 0 Å². The van der Waals surface area contributed by atoms with Crippen molar-refractivity contribution in [2.45, 2.75) is 13.3 Å². The second-order valence-corrected chi connectivity index (χ2v) is 5.03. The van der Waals surface area contributed by atoms with Crippen molar-refractivity contribution in [2.24, 2.45) is 0 Å². The Kier molecular flexibility index (Phi) is 3.84. The van der Waals surface area contributed by atoms with Gasteiger partial charge in [-0.25, -0.2) is 4.98 Å². The molecule has 0 atom stereocenters. The van der Waals surface area contributed by atoms with Crippen LogP contribution >= 0.6 is 0 Å². The van der Waals surface area contributed by atoms with Crippen molar-refractivity contribution >= 4 is 0 Å². The van der Waals surface area contributed by atoms with E-state index in [9.17, 15) is 0 Å². The van der Waals surface area contributed by atoms with Crippen LogP contribution in [0.15, 0.2) is 59.2 Å². The van der Waals surface area contributed by atoms with Crippen molar-refractivity contribution in [1.29, 1.82) is 0 Å². The Hall–Kier alpha value is -2.39. The predicted octanol–water partition coefficient (Wildman–Crippen LogP) is 3.85. The molecule has 1 N–H and O–H groups in total. The minimum absolute atomic E-state index is 0.0749. The lowest BCUT2D eigenvalue weighted by Gasteiger charge is -2.07. The Labute approximate surface area is 123 Å². The molecule has 3 aromatic rings. The van der Waals surface area contributed by atoms with Gasteiger partial charge in [-0.3, -0.25) is 0 Å². The van der Waals surface area contributed by atoms with Crippen LogP contribution < -0.4 is 0 Å². The highest BCUT2D eigenvalue weighted by atomic mass is 16.3. The summed E-state index contributed by atoms with van der Waals surface area (Å²) in [6.45, 7) is 2.15. The summed E-state index contributed by atoms with van der Waals surface area (Å²) >= 11 is 0. The number of hydrogen-bond acceptors (Lipinski definition) is 3. The molecule has 0 radical (unpaired) electrons. The Morgan fingerprint density at radius 2 is 1.86 bits per heavy atom. The maximum absolute atomic E-state index is 8.98. The molecule has 0 aliphatic heterocycles. The highest BCUT2D eigenvalue weighted by Gasteiger charge is 2.12. The number of aryl methyl sites for hydroxylation is 1. The quantitative estimate of drug-likeness (QED) is 0.789. The van der Waals surface area contributed by atoms with Gasteiger partial charge >= 0.3 is 0 Å². The molecule has 0 aliphatic rings. The minimum atomic E-state index is 0.0749. The molecule has 0 unspecified atom stereocenters. The zero-order chi connectivity index (χ0) is 14.7. The molecule has 3 nitrogen and oxygen atoms in total. The molecule has 0 amide bonds. The normalized spacial score (nSPS) is 10.8. The Bertz CT molecular complexity index is 746. The molecule has 1 heterocycles. The van der Waals surface area contributed by atoms with E-state index < -0.39 is 0 Å². The van der Waals surface area contributed by atoms with Crippen LogP contribution in [0, 0.1) is 6.92 Å². The Morgan fingerprint density at radius 3 is 2.62 bits per heavy atom. The number of aliphatic hydroxyl groups is 1. The summed E-state index contributed by atoms with van der Waals surface area (Å²) in [5, 5.41) is 8.98. The predicted molar refractivity (Wildman–Crippen MR) is 82.9 cm³/mol. The van der Waals surface area contributed by atoms with Crippen molar-refractivity contribution < 1.29 is 9.52 Å². The smallest absolute Gasteiger partial charge is 0.226 e. The summed E-state index contributed by atoms with van der Waals surface area (Å²) in [5.41, 5.74) is 5.20. The van der Waals surface area contributed by atoms with Crippen LogP contribution in [0.2, 0.25) is 0 Å². The van der Waals surface area contributed by atoms with Crippen LogP contribution in [-0.2, 0) is 6.42 Å². The molecule has 3 rings (SSSR count). The van der Waals surface area contributed by atoms with Crippen LogP contribution in [0.3, 0.4) is 0 Å². The molecule has 0 fully saturated rings. The highest BCUT2D eigenvalue weighted by Crippen LogP contribution is 2.31. The molecule has 0 saturated carbocycles. The van der Waals surface area contributed by atoms with Gasteiger partial charge in [-0.05, 0) is 24.1 Å². The van der Waals surface area contributed by atoms with E-state index in [4.69, 9.17) is 9.52 Å². The van der Waals surface area contributed by atoms with Gasteiger partial charge in [0.15, 0.2) is 0 Å². The summed E-state index contributed by atoms with van der Waals surface area (Å²) in [4.78, 5) is 4.45. The van der Waals surface area contributed by atoms with Crippen molar-refractivity contribution in [1.82, 2.24) is 4.98 Å². The SMILES string of the molecule is Cc1cccc(-c2ccccc2-c2nc(CCO)co2)c1. The first-order valence-corrected chi connectivity index (χ1v) is 6.99. The average Bonchev–Trinajstić information content (AvgIpc) is 2.96. The van der Waals surface area contributed by atoms with Gasteiger partial charge in [0.2, 0.25) is 5.89 Å². The van der Waals surface area contributed by atoms with Gasteiger partial charge in [0.1, 0.15) is 6.26 Å². The standard InChI is InChI=1S/C18H17NO2/c1-13-5-4-6-14(11-13)16-7-2-3-8-17(16)18-19-15(9-10-20)12-21-18/h2-8,11-12,20H,9-10H2,1H3. The lowest BCUT2D eigenvalue weighted by atomic mass is 9.98. The van der Waals surface area contributed by atoms with Crippen LogP contribution in [0.5, 0.6) is 0 Å². The molecule has 0 saturated heterocycles. The van der Waals surface area contributed by atoms with Crippen LogP contribution in [0.25, 0.3) is 22.6 Å². The van der Waals surface area contributed by atoms with Gasteiger partial charge in [0, 0.05) is 18.6 Å². The third-order valence-electron chi connectivity index (χ3n) is 3.41. The summed E-state index contributed by atoms with van der Waals surface area (Å²) in [6.07, 6.45) is 2.12. The average molecular weight is 279 g/mol. The van der Waals surface area contributed by atoms with E-state index >= 15 is 0 Å². The lowest BCUT2D eigenvalue weighted by Crippen LogP contribution is -1.91. The molecule has 0 spiro atoms. The van der Waals surface area contributed by atoms with Gasteiger partial charge in [-0.1, -0.05) is 48.0 Å². The van der Waals surface area contributed by atoms with Crippen molar-refractivity contribution in [2.75, 3.05) is 6.61 Å². The summed E-state index contributed by atoms with van der Waals surface area (Å²) in [7, 11) is 0. The molecule has 0 bridgehead atoms. The first-order chi connectivity index (χ1) is 10.3. The largest absolute Gasteiger partial charge is 0.444 e. The van der Waals surface area contributed by atoms with E-state index in [1.165, 1.54) is 5.56 Å². The maximum Gasteiger partial charge on any atom is 0.226 e. The van der Waals surface area contributed by atoms with E-state index in [0.29, 0.717) is 12.3 Å². The number of hydrogen-bond donors (Lipinski definition) is 1. The first kappa shape index (κ1) is 13.6. The van der Waals surface area contributed by atoms with Crippen LogP contribution in [0.4, 0.5) is 0 Å². The molecule has 2 aromatic carbocycles. The lowest BCUT2D eigenvalue weighted by molar-refractivity contribution is 0.298. The zero-order valence-electron chi connectivity index (χ0n) is 11.9. The summed E-state index contributed by atoms with van der Waals surface area (Å²) in [6, 6.07) is 16.4. The highest BCUT2D eigenvalue weighted by molar-refractivity contribution is 5.80. The monoisotopic (exact) mass is 279 g/mol. The number of oxazole rings is 1. The maximum atomic E-state index is 8.98. The second-order valence-electron chi connectivity index (χ2n) is 5.03. The van der Waals surface area contributed by atoms with Gasteiger partial charge < -0.3 is 9.52 Å². The molecular weight excluding hydrogens is 262 g/mol. The number of benzene rings is 2. The Balaban J connectivity index is 2.07. The van der Waals surface area contributed by atoms with Gasteiger partial charge in [-0.2, -0.15) is 0 Å². The van der Waals surface area contributed by atoms with E-state index in [0.717, 1.165) is 22.4 Å². The molecule has 1 aromatic heterocycles. The second kappa shape index (κ2) is 5.94. The van der Waals surface area contributed by atoms with E-state index in [-0.39, 0.29) is 6.61 Å². The first-order valence-electron chi connectivity index (χ1n) is 6.99. The zero-order valence-corrected chi connectivity index (χ0v) is 11.9. The third-order valence-corrected chi connectivity index (χ3v) is 3.41. The van der Waals surface area contributed by atoms with E-state index in [1.54, 1.807) is 6.26 Å². The topological polar surface area (TPSA) is 46.3 Å². The third kappa shape index (κ3) is 2.88. The van der Waals surface area contributed by atoms with Gasteiger partial charge in [-0.15, -0.1) is 0 Å². The minimum Gasteiger partial charge on any atom is -0.444 e. The number of nitrogens with zero attached hydrogens (tertiary/aromatic N) is 1. The molecule has 0 aliphatic carbocycles. The Morgan fingerprint density at radius 1 is 1.05 bits per heavy atom. The fraction of sp³-hybridized carbons (Fsp3) is 0.167. The summed E-state index contributed by atoms with van der Waals surface area (Å²) in [5.74, 6) is 0.593. The molecule has 3 heteroatoms. The number of rotatable bonds is 4. The van der Waals surface area contributed by atoms with Crippen molar-refractivity contribution in [3.05, 3.63) is 66.1 Å². The molecule has 106 valence electrons. The van der Waals surface area contributed by atoms with Crippen LogP contribution in [0.1, 0.15) is 11.3 Å². The van der Waals surface area contributed by atoms with Gasteiger partial charge in [0.25, 0.3) is 0 Å². The fourth-order valence-corrected chi connectivity index (χ4v) is 2.39. The van der Waals surface area contributed by atoms with Crippen molar-refractivity contribution in [3.8, 4) is 22.6 Å². The van der Waals surface area contributed by atoms with Crippen LogP contribution in [-0.4, -0.2) is 16.7 Å².